The molecule has 8 aromatic rings. The number of benzene rings is 7. The first kappa shape index (κ1) is 34.0. The molecule has 0 atom stereocenters. The molecule has 2 aliphatic carbocycles. The summed E-state index contributed by atoms with van der Waals surface area (Å²) >= 11 is 0. The summed E-state index contributed by atoms with van der Waals surface area (Å²) in [6.45, 7) is 0. The van der Waals surface area contributed by atoms with Gasteiger partial charge in [0.2, 0.25) is 0 Å². The molecule has 0 amide bonds. The average molecular weight is 729 g/mol. The standard InChI is InChI=1S/C53H36N4/c54-35-36-14-11-19-41(32-36)42-20-12-22-44(33-42)53(48-26-9-7-24-46(48)47-25-8-10-27-49(47)53)45-23-13-21-43(34-45)52-56-50(39-17-5-2-6-18-39)55-51(57-52)40-30-28-38(29-31-40)37-15-3-1-4-16-37/h1,3-5,7-34H,2,6H2. The van der Waals surface area contributed by atoms with Crippen LogP contribution in [0.15, 0.2) is 194 Å². The third-order valence-electron chi connectivity index (χ3n) is 11.3. The highest BCUT2D eigenvalue weighted by molar-refractivity contribution is 5.87. The summed E-state index contributed by atoms with van der Waals surface area (Å²) in [6, 6.07) is 64.1. The first-order valence-electron chi connectivity index (χ1n) is 19.4. The van der Waals surface area contributed by atoms with E-state index in [1.165, 1.54) is 27.8 Å². The van der Waals surface area contributed by atoms with Gasteiger partial charge in [-0.15, -0.1) is 0 Å². The maximum atomic E-state index is 9.72. The molecule has 0 bridgehead atoms. The summed E-state index contributed by atoms with van der Waals surface area (Å²) in [6.07, 6.45) is 8.50. The summed E-state index contributed by atoms with van der Waals surface area (Å²) in [7, 11) is 0. The van der Waals surface area contributed by atoms with Gasteiger partial charge in [0.1, 0.15) is 0 Å². The zero-order valence-corrected chi connectivity index (χ0v) is 31.2. The van der Waals surface area contributed by atoms with Crippen molar-refractivity contribution in [3.63, 3.8) is 0 Å². The lowest BCUT2D eigenvalue weighted by molar-refractivity contribution is 0.769. The average Bonchev–Trinajstić information content (AvgIpc) is 3.61. The lowest BCUT2D eigenvalue weighted by Crippen LogP contribution is -2.28. The molecule has 0 unspecified atom stereocenters. The maximum Gasteiger partial charge on any atom is 0.164 e. The summed E-state index contributed by atoms with van der Waals surface area (Å²) in [5.41, 5.74) is 14.4. The Morgan fingerprint density at radius 2 is 0.965 bits per heavy atom. The fourth-order valence-corrected chi connectivity index (χ4v) is 8.60. The molecule has 2 aliphatic rings. The molecule has 4 nitrogen and oxygen atoms in total. The summed E-state index contributed by atoms with van der Waals surface area (Å²) in [4.78, 5) is 15.4. The van der Waals surface area contributed by atoms with E-state index in [9.17, 15) is 5.26 Å². The molecular formula is C53H36N4. The van der Waals surface area contributed by atoms with Crippen LogP contribution in [-0.2, 0) is 5.41 Å². The molecule has 0 saturated heterocycles. The Hall–Kier alpha value is -7.48. The summed E-state index contributed by atoms with van der Waals surface area (Å²) < 4.78 is 0. The molecule has 268 valence electrons. The fraction of sp³-hybridized carbons (Fsp3) is 0.0566. The van der Waals surface area contributed by atoms with Crippen LogP contribution in [0.3, 0.4) is 0 Å². The Labute approximate surface area is 332 Å². The van der Waals surface area contributed by atoms with Crippen molar-refractivity contribution in [1.82, 2.24) is 15.0 Å². The van der Waals surface area contributed by atoms with E-state index in [2.05, 4.69) is 176 Å². The minimum Gasteiger partial charge on any atom is -0.208 e. The highest BCUT2D eigenvalue weighted by atomic mass is 15.0. The van der Waals surface area contributed by atoms with Gasteiger partial charge in [-0.25, -0.2) is 15.0 Å². The van der Waals surface area contributed by atoms with E-state index in [-0.39, 0.29) is 0 Å². The van der Waals surface area contributed by atoms with Crippen molar-refractivity contribution in [2.75, 3.05) is 0 Å². The van der Waals surface area contributed by atoms with Crippen LogP contribution in [0, 0.1) is 11.3 Å². The topological polar surface area (TPSA) is 62.5 Å². The van der Waals surface area contributed by atoms with Gasteiger partial charge in [-0.2, -0.15) is 5.26 Å². The van der Waals surface area contributed by atoms with Crippen molar-refractivity contribution in [2.45, 2.75) is 18.3 Å². The van der Waals surface area contributed by atoms with Gasteiger partial charge >= 0.3 is 0 Å². The van der Waals surface area contributed by atoms with Crippen molar-refractivity contribution in [2.24, 2.45) is 0 Å². The van der Waals surface area contributed by atoms with Crippen molar-refractivity contribution in [3.8, 4) is 62.2 Å². The lowest BCUT2D eigenvalue weighted by atomic mass is 9.67. The highest BCUT2D eigenvalue weighted by Gasteiger charge is 2.46. The van der Waals surface area contributed by atoms with Gasteiger partial charge in [0.05, 0.1) is 17.0 Å². The SMILES string of the molecule is N#Cc1cccc(-c2cccc(C3(c4cccc(-c5nc(C6=CCCC=C6)nc(-c6ccc(-c7ccccc7)cc6)n5)c4)c4ccccc4-c4ccccc43)c2)c1. The molecule has 0 saturated carbocycles. The normalized spacial score (nSPS) is 13.6. The third kappa shape index (κ3) is 5.98. The second-order valence-electron chi connectivity index (χ2n) is 14.6. The molecule has 0 spiro atoms. The van der Waals surface area contributed by atoms with Crippen molar-refractivity contribution < 1.29 is 0 Å². The van der Waals surface area contributed by atoms with Crippen molar-refractivity contribution in [1.29, 1.82) is 5.26 Å². The van der Waals surface area contributed by atoms with E-state index >= 15 is 0 Å². The number of rotatable bonds is 7. The number of fused-ring (bicyclic) bond motifs is 3. The molecule has 1 heterocycles. The van der Waals surface area contributed by atoms with Crippen LogP contribution in [0.5, 0.6) is 0 Å². The van der Waals surface area contributed by atoms with E-state index in [0.29, 0.717) is 23.0 Å². The lowest BCUT2D eigenvalue weighted by Gasteiger charge is -2.34. The van der Waals surface area contributed by atoms with Crippen LogP contribution in [-0.4, -0.2) is 15.0 Å². The third-order valence-corrected chi connectivity index (χ3v) is 11.3. The number of nitrogens with zero attached hydrogens (tertiary/aromatic N) is 4. The molecule has 1 aromatic heterocycles. The fourth-order valence-electron chi connectivity index (χ4n) is 8.60. The van der Waals surface area contributed by atoms with Crippen molar-refractivity contribution in [3.05, 3.63) is 228 Å². The Kier molecular flexibility index (Phi) is 8.54. The van der Waals surface area contributed by atoms with Gasteiger partial charge in [0.25, 0.3) is 0 Å². The van der Waals surface area contributed by atoms with Gasteiger partial charge < -0.3 is 0 Å². The zero-order valence-electron chi connectivity index (χ0n) is 31.2. The molecule has 7 aromatic carbocycles. The maximum absolute atomic E-state index is 9.72. The van der Waals surface area contributed by atoms with Gasteiger partial charge in [0.15, 0.2) is 17.5 Å². The number of allylic oxidation sites excluding steroid dienone is 4. The van der Waals surface area contributed by atoms with Crippen LogP contribution < -0.4 is 0 Å². The molecule has 0 radical (unpaired) electrons. The molecule has 0 fully saturated rings. The second kappa shape index (κ2) is 14.3. The Balaban J connectivity index is 1.17. The van der Waals surface area contributed by atoms with Crippen LogP contribution in [0.25, 0.3) is 61.7 Å². The molecule has 0 N–H and O–H groups in total. The van der Waals surface area contributed by atoms with Gasteiger partial charge in [-0.05, 0) is 92.7 Å². The molecular weight excluding hydrogens is 693 g/mol. The quantitative estimate of drug-likeness (QED) is 0.164. The molecule has 4 heteroatoms. The van der Waals surface area contributed by atoms with Crippen LogP contribution in [0.4, 0.5) is 0 Å². The van der Waals surface area contributed by atoms with Crippen LogP contribution in [0.1, 0.15) is 46.5 Å². The predicted octanol–water partition coefficient (Wildman–Crippen LogP) is 12.5. The van der Waals surface area contributed by atoms with Gasteiger partial charge in [0, 0.05) is 16.7 Å². The molecule has 10 rings (SSSR count). The van der Waals surface area contributed by atoms with E-state index in [4.69, 9.17) is 15.0 Å². The van der Waals surface area contributed by atoms with Crippen LogP contribution in [0.2, 0.25) is 0 Å². The Morgan fingerprint density at radius 1 is 0.439 bits per heavy atom. The first-order valence-corrected chi connectivity index (χ1v) is 19.4. The second-order valence-corrected chi connectivity index (χ2v) is 14.6. The minimum absolute atomic E-state index is 0.626. The Morgan fingerprint density at radius 3 is 1.63 bits per heavy atom. The molecule has 0 aliphatic heterocycles. The van der Waals surface area contributed by atoms with E-state index in [1.54, 1.807) is 0 Å². The van der Waals surface area contributed by atoms with E-state index < -0.39 is 5.41 Å². The summed E-state index contributed by atoms with van der Waals surface area (Å²) in [5, 5.41) is 9.72. The monoisotopic (exact) mass is 728 g/mol. The number of hydrogen-bond acceptors (Lipinski definition) is 4. The van der Waals surface area contributed by atoms with Gasteiger partial charge in [-0.3, -0.25) is 0 Å². The minimum atomic E-state index is -0.646. The van der Waals surface area contributed by atoms with E-state index in [1.807, 2.05) is 24.3 Å². The first-order chi connectivity index (χ1) is 28.2. The Bertz CT molecular complexity index is 2870. The van der Waals surface area contributed by atoms with Gasteiger partial charge in [-0.1, -0.05) is 170 Å². The van der Waals surface area contributed by atoms with Crippen LogP contribution >= 0.6 is 0 Å². The summed E-state index contributed by atoms with van der Waals surface area (Å²) in [5.74, 6) is 1.93. The highest BCUT2D eigenvalue weighted by Crippen LogP contribution is 2.56. The largest absolute Gasteiger partial charge is 0.208 e. The number of aromatic nitrogens is 3. The molecule has 57 heavy (non-hydrogen) atoms. The van der Waals surface area contributed by atoms with Crippen molar-refractivity contribution >= 4 is 5.57 Å². The van der Waals surface area contributed by atoms with E-state index in [0.717, 1.165) is 57.4 Å². The zero-order chi connectivity index (χ0) is 38.2. The number of nitriles is 1. The smallest absolute Gasteiger partial charge is 0.164 e. The predicted molar refractivity (Wildman–Crippen MR) is 230 cm³/mol. The number of hydrogen-bond donors (Lipinski definition) is 0.